The Morgan fingerprint density at radius 2 is 0.413 bits per heavy atom. The summed E-state index contributed by atoms with van der Waals surface area (Å²) in [7, 11) is -2.02. The van der Waals surface area contributed by atoms with Crippen molar-refractivity contribution in [1.82, 2.24) is 0 Å². The van der Waals surface area contributed by atoms with E-state index in [0.29, 0.717) is 0 Å². The lowest BCUT2D eigenvalue weighted by Gasteiger charge is -2.55. The molecular formula is C82H96BF15O5Si. The van der Waals surface area contributed by atoms with Crippen LogP contribution in [0.25, 0.3) is 0 Å². The van der Waals surface area contributed by atoms with Gasteiger partial charge in [0.15, 0.2) is 81.4 Å². The molecule has 0 spiro atoms. The van der Waals surface area contributed by atoms with E-state index in [1.807, 2.05) is 0 Å². The Kier molecular flexibility index (Phi) is 21.4. The average Bonchev–Trinajstić information content (AvgIpc) is 1.42. The van der Waals surface area contributed by atoms with Gasteiger partial charge >= 0.3 is 6.92 Å². The molecule has 0 bridgehead atoms. The summed E-state index contributed by atoms with van der Waals surface area (Å²) in [6, 6.07) is 12.2. The summed E-state index contributed by atoms with van der Waals surface area (Å²) in [4.78, 5) is 0. The highest BCUT2D eigenvalue weighted by molar-refractivity contribution is 7.00. The molecule has 1 aliphatic heterocycles. The van der Waals surface area contributed by atoms with Crippen molar-refractivity contribution in [2.45, 2.75) is 232 Å². The molecule has 0 amide bonds. The van der Waals surface area contributed by atoms with Crippen molar-refractivity contribution in [3.05, 3.63) is 203 Å². The van der Waals surface area contributed by atoms with Crippen LogP contribution in [0.4, 0.5) is 65.9 Å². The lowest BCUT2D eigenvalue weighted by atomic mass is 9.54. The van der Waals surface area contributed by atoms with E-state index in [0.717, 1.165) is 0 Å². The van der Waals surface area contributed by atoms with E-state index in [2.05, 4.69) is 0 Å². The first-order valence-corrected chi connectivity index (χ1v) is 36.3. The Morgan fingerprint density at radius 1 is 0.260 bits per heavy atom. The number of benzene rings is 7. The zero-order chi connectivity index (χ0) is 79.3. The number of ether oxygens (including phenoxy) is 4. The Hall–Kier alpha value is -7.07. The van der Waals surface area contributed by atoms with Crippen LogP contribution in [0.5, 0.6) is 23.0 Å². The van der Waals surface area contributed by atoms with Gasteiger partial charge in [0.2, 0.25) is 14.1 Å². The molecule has 22 heteroatoms. The third-order valence-electron chi connectivity index (χ3n) is 20.6. The second-order valence-corrected chi connectivity index (χ2v) is 39.6. The van der Waals surface area contributed by atoms with Gasteiger partial charge in [-0.05, 0) is 78.4 Å². The fourth-order valence-corrected chi connectivity index (χ4v) is 22.1. The van der Waals surface area contributed by atoms with Crippen LogP contribution < -0.4 is 35.1 Å². The van der Waals surface area contributed by atoms with Gasteiger partial charge in [-0.2, -0.15) is 0 Å². The quantitative estimate of drug-likeness (QED) is 0.0498. The van der Waals surface area contributed by atoms with E-state index in [4.69, 9.17) is 23.3 Å². The summed E-state index contributed by atoms with van der Waals surface area (Å²) in [5.74, 6) is -42.4. The van der Waals surface area contributed by atoms with Gasteiger partial charge in [-0.3, -0.25) is 0 Å². The van der Waals surface area contributed by atoms with Gasteiger partial charge in [0.25, 0.3) is 0 Å². The molecule has 566 valence electrons. The molecule has 8 rings (SSSR count). The molecule has 1 aliphatic rings. The topological polar surface area (TPSA) is 46.2 Å². The Bertz CT molecular complexity index is 3940. The first-order valence-electron chi connectivity index (χ1n) is 34.4. The van der Waals surface area contributed by atoms with Crippen LogP contribution in [0, 0.1) is 87.3 Å². The number of hydrogen-bond acceptors (Lipinski definition) is 5. The van der Waals surface area contributed by atoms with Crippen molar-refractivity contribution in [2.24, 2.45) is 0 Å². The normalized spacial score (nSPS) is 15.3. The lowest BCUT2D eigenvalue weighted by Crippen LogP contribution is -2.78. The summed E-state index contributed by atoms with van der Waals surface area (Å²) >= 11 is 0. The maximum Gasteiger partial charge on any atom is 0.363 e. The Labute approximate surface area is 604 Å². The zero-order valence-corrected chi connectivity index (χ0v) is 65.8. The van der Waals surface area contributed by atoms with Crippen LogP contribution in [-0.2, 0) is 57.7 Å². The molecule has 7 aromatic rings. The van der Waals surface area contributed by atoms with Crippen molar-refractivity contribution < 1.29 is 89.1 Å². The van der Waals surface area contributed by atoms with E-state index in [1.54, 1.807) is 166 Å². The van der Waals surface area contributed by atoms with E-state index in [9.17, 15) is 0 Å². The highest BCUT2D eigenvalue weighted by Crippen LogP contribution is 2.67. The maximum atomic E-state index is 20.1. The largest absolute Gasteiger partial charge is 0.496 e. The van der Waals surface area contributed by atoms with Crippen LogP contribution in [0.1, 0.15) is 246 Å². The molecular weight excluding hydrogens is 1390 g/mol. The molecule has 1 saturated heterocycles. The van der Waals surface area contributed by atoms with Gasteiger partial charge in [-0.15, -0.1) is 0 Å². The summed E-state index contributed by atoms with van der Waals surface area (Å²) < 4.78 is 300. The first-order chi connectivity index (χ1) is 47.2. The second-order valence-electron chi connectivity index (χ2n) is 35.8. The van der Waals surface area contributed by atoms with Gasteiger partial charge < -0.3 is 23.3 Å². The number of halogens is 15. The molecule has 7 aromatic carbocycles. The van der Waals surface area contributed by atoms with Crippen molar-refractivity contribution in [2.75, 3.05) is 28.4 Å². The van der Waals surface area contributed by atoms with Crippen LogP contribution in [0.3, 0.4) is 0 Å². The van der Waals surface area contributed by atoms with Gasteiger partial charge in [0.1, 0.15) is 23.0 Å². The monoisotopic (exact) mass is 1480 g/mol. The fraction of sp³-hybridized carbons (Fsp3) is 0.488. The van der Waals surface area contributed by atoms with Gasteiger partial charge in [-0.25, -0.2) is 65.9 Å². The highest BCUT2D eigenvalue weighted by Gasteiger charge is 2.78. The average molecular weight is 1490 g/mol. The predicted molar refractivity (Wildman–Crippen MR) is 383 cm³/mol. The predicted octanol–water partition coefficient (Wildman–Crippen LogP) is 21.0. The molecule has 0 aromatic heterocycles. The van der Waals surface area contributed by atoms with Crippen LogP contribution in [-0.4, -0.2) is 43.7 Å². The van der Waals surface area contributed by atoms with E-state index < -0.39 is 185 Å². The van der Waals surface area contributed by atoms with E-state index in [1.165, 1.54) is 77.0 Å². The minimum absolute atomic E-state index is 0.193. The van der Waals surface area contributed by atoms with Crippen LogP contribution >= 0.6 is 0 Å². The molecule has 0 atom stereocenters. The highest BCUT2D eigenvalue weighted by atomic mass is 28.4. The Balaban J connectivity index is 2.09. The standard InChI is InChI=1S/C82H96BF15O5Si/c1-73(2,3)43-31-39(32-44(68(43)99-25)74(4,5)6)81(40-33-45(75(7,8)9)69(100-26)46(34-40)76(10,11)12)29-30-82(41-35-47(77(13,14)15)70(101-27)48(36-41)78(16,17)18,42-37-49(79(19,20)21)71(102-28)50(38-42)80(22,23)24)104(81,72-66(97)64(95)63(94)65(96)67(72)98)103-83(51-53(84)57(88)61(92)58(89)54(51)85)52-55(86)59(90)62(93)60(91)56(52)87/h31-38H,29-30H2,1-28H3. The zero-order valence-electron chi connectivity index (χ0n) is 64.8. The first kappa shape index (κ1) is 82.6. The summed E-state index contributed by atoms with van der Waals surface area (Å²) in [5, 5.41) is -7.91. The third-order valence-corrected chi connectivity index (χ3v) is 26.3. The van der Waals surface area contributed by atoms with E-state index in [-0.39, 0.29) is 89.8 Å². The van der Waals surface area contributed by atoms with Crippen LogP contribution in [0.15, 0.2) is 48.5 Å². The minimum atomic E-state index is -7.49. The third kappa shape index (κ3) is 13.1. The molecule has 5 nitrogen and oxygen atoms in total. The molecule has 0 aliphatic carbocycles. The van der Waals surface area contributed by atoms with Crippen molar-refractivity contribution >= 4 is 31.3 Å². The molecule has 104 heavy (non-hydrogen) atoms. The molecule has 0 saturated carbocycles. The molecule has 0 radical (unpaired) electrons. The minimum Gasteiger partial charge on any atom is -0.496 e. The maximum absolute atomic E-state index is 20.1. The number of methoxy groups -OCH3 is 4. The number of hydrogen-bond donors (Lipinski definition) is 0. The molecule has 1 fully saturated rings. The van der Waals surface area contributed by atoms with Crippen LogP contribution in [0.2, 0.25) is 0 Å². The fourth-order valence-electron chi connectivity index (χ4n) is 15.4. The SMILES string of the molecule is COc1c(C(C)(C)C)cc(C2(c3cc(C(C)(C)C)c(OC)c(C(C)(C)C)c3)CCC(c3cc(C(C)(C)C)c(OC)c(C(C)(C)C)c3)(c3cc(C(C)(C)C)c(OC)c(C(C)(C)C)c3)[Si]2(OB(c2c(F)c(F)c(F)c(F)c2F)c2c(F)c(F)c(F)c(F)c2F)c2c(F)c(F)c(F)c(F)c2F)cc1C(C)(C)C. The second kappa shape index (κ2) is 27.0. The summed E-state index contributed by atoms with van der Waals surface area (Å²) in [6.07, 6.45) is -1.52. The molecule has 0 unspecified atom stereocenters. The Morgan fingerprint density at radius 3 is 0.567 bits per heavy atom. The lowest BCUT2D eigenvalue weighted by molar-refractivity contribution is 0.373. The van der Waals surface area contributed by atoms with Crippen molar-refractivity contribution in [3.8, 4) is 23.0 Å². The van der Waals surface area contributed by atoms with Crippen molar-refractivity contribution in [3.63, 3.8) is 0 Å². The van der Waals surface area contributed by atoms with Gasteiger partial charge in [-0.1, -0.05) is 215 Å². The van der Waals surface area contributed by atoms with Gasteiger partial charge in [0.05, 0.1) is 28.4 Å². The smallest absolute Gasteiger partial charge is 0.363 e. The summed E-state index contributed by atoms with van der Waals surface area (Å²) in [6.45, 7) is 38.3. The van der Waals surface area contributed by atoms with Gasteiger partial charge in [0, 0.05) is 70.7 Å². The molecule has 0 N–H and O–H groups in total. The summed E-state index contributed by atoms with van der Waals surface area (Å²) in [5.41, 5.74) is -12.9. The molecule has 1 heterocycles. The van der Waals surface area contributed by atoms with E-state index >= 15 is 65.9 Å². The van der Waals surface area contributed by atoms with Crippen molar-refractivity contribution in [1.29, 1.82) is 0 Å². The number of rotatable bonds is 13.